The zero-order valence-corrected chi connectivity index (χ0v) is 18.0. The van der Waals surface area contributed by atoms with E-state index in [-0.39, 0.29) is 18.2 Å². The number of amides is 2. The maximum atomic E-state index is 12.5. The molecule has 0 spiro atoms. The molecule has 9 heteroatoms. The molecule has 0 aliphatic carbocycles. The molecule has 30 heavy (non-hydrogen) atoms. The molecule has 156 valence electrons. The molecule has 0 saturated carbocycles. The standard InChI is InChI=1S/C21H20ClN3O4S/c1-28-17-8-7-13(9-18(17)29-2)20(27)25-21-24-15(12-30-21)10-19(26)23-11-14-5-3-4-6-16(14)22/h3-9,12H,10-11H2,1-2H3,(H,23,26)(H,24,25,27). The minimum absolute atomic E-state index is 0.104. The van der Waals surface area contributed by atoms with E-state index < -0.39 is 0 Å². The van der Waals surface area contributed by atoms with Crippen molar-refractivity contribution in [1.82, 2.24) is 10.3 Å². The van der Waals surface area contributed by atoms with Crippen LogP contribution in [0.25, 0.3) is 0 Å². The van der Waals surface area contributed by atoms with E-state index in [1.807, 2.05) is 18.2 Å². The first kappa shape index (κ1) is 21.6. The Morgan fingerprint density at radius 1 is 1.10 bits per heavy atom. The van der Waals surface area contributed by atoms with Crippen molar-refractivity contribution in [1.29, 1.82) is 0 Å². The lowest BCUT2D eigenvalue weighted by Gasteiger charge is -2.09. The van der Waals surface area contributed by atoms with Crippen LogP contribution in [0.4, 0.5) is 5.13 Å². The molecule has 0 unspecified atom stereocenters. The number of ether oxygens (including phenoxy) is 2. The highest BCUT2D eigenvalue weighted by Gasteiger charge is 2.14. The van der Waals surface area contributed by atoms with Gasteiger partial charge >= 0.3 is 0 Å². The van der Waals surface area contributed by atoms with Gasteiger partial charge in [-0.1, -0.05) is 29.8 Å². The summed E-state index contributed by atoms with van der Waals surface area (Å²) in [6.45, 7) is 0.339. The second-order valence-corrected chi connectivity index (χ2v) is 7.48. The van der Waals surface area contributed by atoms with Crippen molar-refractivity contribution in [3.63, 3.8) is 0 Å². The largest absolute Gasteiger partial charge is 0.493 e. The SMILES string of the molecule is COc1ccc(C(=O)Nc2nc(CC(=O)NCc3ccccc3Cl)cs2)cc1OC. The van der Waals surface area contributed by atoms with Gasteiger partial charge in [-0.25, -0.2) is 4.98 Å². The maximum Gasteiger partial charge on any atom is 0.257 e. The van der Waals surface area contributed by atoms with Crippen LogP contribution in [0.15, 0.2) is 47.8 Å². The third-order valence-electron chi connectivity index (χ3n) is 4.19. The molecule has 2 amide bonds. The number of nitrogens with one attached hydrogen (secondary N) is 2. The van der Waals surface area contributed by atoms with Gasteiger partial charge in [0.2, 0.25) is 5.91 Å². The molecule has 0 saturated heterocycles. The number of hydrogen-bond donors (Lipinski definition) is 2. The summed E-state index contributed by atoms with van der Waals surface area (Å²) in [6, 6.07) is 12.2. The van der Waals surface area contributed by atoms with Crippen molar-refractivity contribution in [2.24, 2.45) is 0 Å². The minimum atomic E-state index is -0.333. The molecule has 2 aromatic carbocycles. The monoisotopic (exact) mass is 445 g/mol. The molecule has 3 rings (SSSR count). The summed E-state index contributed by atoms with van der Waals surface area (Å²) in [5.74, 6) is 0.478. The molecule has 3 aromatic rings. The van der Waals surface area contributed by atoms with Crippen LogP contribution in [0, 0.1) is 0 Å². The molecule has 0 radical (unpaired) electrons. The topological polar surface area (TPSA) is 89.5 Å². The predicted molar refractivity (Wildman–Crippen MR) is 117 cm³/mol. The van der Waals surface area contributed by atoms with E-state index in [0.717, 1.165) is 5.56 Å². The number of thiazole rings is 1. The van der Waals surface area contributed by atoms with E-state index in [2.05, 4.69) is 15.6 Å². The summed E-state index contributed by atoms with van der Waals surface area (Å²) < 4.78 is 10.4. The summed E-state index contributed by atoms with van der Waals surface area (Å²) in [4.78, 5) is 29.0. The van der Waals surface area contributed by atoms with Crippen LogP contribution in [0.3, 0.4) is 0 Å². The van der Waals surface area contributed by atoms with Gasteiger partial charge in [0.05, 0.1) is 26.3 Å². The Balaban J connectivity index is 1.56. The number of halogens is 1. The Morgan fingerprint density at radius 2 is 1.87 bits per heavy atom. The lowest BCUT2D eigenvalue weighted by Crippen LogP contribution is -2.24. The molecule has 1 heterocycles. The number of methoxy groups -OCH3 is 2. The summed E-state index contributed by atoms with van der Waals surface area (Å²) >= 11 is 7.34. The Hall–Kier alpha value is -3.10. The molecule has 2 N–H and O–H groups in total. The molecular weight excluding hydrogens is 426 g/mol. The lowest BCUT2D eigenvalue weighted by molar-refractivity contribution is -0.120. The predicted octanol–water partition coefficient (Wildman–Crippen LogP) is 3.92. The van der Waals surface area contributed by atoms with Gasteiger partial charge in [-0.2, -0.15) is 0 Å². The zero-order valence-electron chi connectivity index (χ0n) is 16.4. The second-order valence-electron chi connectivity index (χ2n) is 6.21. The van der Waals surface area contributed by atoms with E-state index in [1.165, 1.54) is 25.6 Å². The number of aromatic nitrogens is 1. The van der Waals surface area contributed by atoms with E-state index in [9.17, 15) is 9.59 Å². The Morgan fingerprint density at radius 3 is 2.60 bits per heavy atom. The van der Waals surface area contributed by atoms with Crippen molar-refractivity contribution in [2.45, 2.75) is 13.0 Å². The molecule has 0 atom stereocenters. The number of carbonyl (C=O) groups excluding carboxylic acids is 2. The van der Waals surface area contributed by atoms with Gasteiger partial charge in [0.25, 0.3) is 5.91 Å². The fraction of sp³-hybridized carbons (Fsp3) is 0.190. The van der Waals surface area contributed by atoms with Crippen LogP contribution in [0.1, 0.15) is 21.6 Å². The van der Waals surface area contributed by atoms with Crippen LogP contribution in [0.2, 0.25) is 5.02 Å². The van der Waals surface area contributed by atoms with Crippen molar-refractivity contribution in [2.75, 3.05) is 19.5 Å². The summed E-state index contributed by atoms with van der Waals surface area (Å²) in [7, 11) is 3.03. The van der Waals surface area contributed by atoms with E-state index in [4.69, 9.17) is 21.1 Å². The van der Waals surface area contributed by atoms with Crippen LogP contribution in [-0.4, -0.2) is 31.0 Å². The van der Waals surface area contributed by atoms with Gasteiger partial charge in [0, 0.05) is 22.5 Å². The summed E-state index contributed by atoms with van der Waals surface area (Å²) in [6.07, 6.45) is 0.104. The fourth-order valence-corrected chi connectivity index (χ4v) is 3.56. The number of rotatable bonds is 8. The van der Waals surface area contributed by atoms with Gasteiger partial charge in [0.15, 0.2) is 16.6 Å². The molecule has 1 aromatic heterocycles. The van der Waals surface area contributed by atoms with E-state index >= 15 is 0 Å². The highest BCUT2D eigenvalue weighted by Crippen LogP contribution is 2.28. The van der Waals surface area contributed by atoms with Gasteiger partial charge in [-0.15, -0.1) is 11.3 Å². The minimum Gasteiger partial charge on any atom is -0.493 e. The van der Waals surface area contributed by atoms with Crippen LogP contribution < -0.4 is 20.1 Å². The maximum absolute atomic E-state index is 12.5. The fourth-order valence-electron chi connectivity index (χ4n) is 2.65. The smallest absolute Gasteiger partial charge is 0.257 e. The summed E-state index contributed by atoms with van der Waals surface area (Å²) in [5, 5.41) is 8.29. The molecule has 0 bridgehead atoms. The normalized spacial score (nSPS) is 10.4. The Kier molecular flexibility index (Phi) is 7.26. The molecule has 0 fully saturated rings. The van der Waals surface area contributed by atoms with E-state index in [0.29, 0.717) is 39.5 Å². The highest BCUT2D eigenvalue weighted by molar-refractivity contribution is 7.14. The number of carbonyl (C=O) groups is 2. The van der Waals surface area contributed by atoms with Crippen LogP contribution >= 0.6 is 22.9 Å². The molecule has 7 nitrogen and oxygen atoms in total. The van der Waals surface area contributed by atoms with Gasteiger partial charge in [-0.05, 0) is 29.8 Å². The number of hydrogen-bond acceptors (Lipinski definition) is 6. The average molecular weight is 446 g/mol. The van der Waals surface area contributed by atoms with Crippen molar-refractivity contribution >= 4 is 39.9 Å². The molecule has 0 aliphatic rings. The first-order chi connectivity index (χ1) is 14.5. The number of benzene rings is 2. The lowest BCUT2D eigenvalue weighted by atomic mass is 10.2. The van der Waals surface area contributed by atoms with Crippen LogP contribution in [-0.2, 0) is 17.8 Å². The molecular formula is C21H20ClN3O4S. The first-order valence-corrected chi connectivity index (χ1v) is 10.2. The first-order valence-electron chi connectivity index (χ1n) is 8.98. The van der Waals surface area contributed by atoms with Gasteiger partial charge in [-0.3, -0.25) is 14.9 Å². The van der Waals surface area contributed by atoms with Crippen LogP contribution in [0.5, 0.6) is 11.5 Å². The average Bonchev–Trinajstić information content (AvgIpc) is 3.19. The van der Waals surface area contributed by atoms with Crippen molar-refractivity contribution in [3.8, 4) is 11.5 Å². The zero-order chi connectivity index (χ0) is 21.5. The second kappa shape index (κ2) is 10.1. The third-order valence-corrected chi connectivity index (χ3v) is 5.37. The number of nitrogens with zero attached hydrogens (tertiary/aromatic N) is 1. The Bertz CT molecular complexity index is 1050. The Labute approximate surface area is 183 Å². The van der Waals surface area contributed by atoms with Crippen molar-refractivity contribution < 1.29 is 19.1 Å². The summed E-state index contributed by atoms with van der Waals surface area (Å²) in [5.41, 5.74) is 1.81. The highest BCUT2D eigenvalue weighted by atomic mass is 35.5. The molecule has 0 aliphatic heterocycles. The van der Waals surface area contributed by atoms with Gasteiger partial charge in [0.1, 0.15) is 0 Å². The van der Waals surface area contributed by atoms with Gasteiger partial charge < -0.3 is 14.8 Å². The van der Waals surface area contributed by atoms with Crippen molar-refractivity contribution in [3.05, 3.63) is 69.7 Å². The number of anilines is 1. The van der Waals surface area contributed by atoms with E-state index in [1.54, 1.807) is 29.6 Å². The quantitative estimate of drug-likeness (QED) is 0.548. The third kappa shape index (κ3) is 5.49.